The van der Waals surface area contributed by atoms with Crippen LogP contribution in [0.15, 0.2) is 12.4 Å². The van der Waals surface area contributed by atoms with Crippen LogP contribution < -0.4 is 0 Å². The Bertz CT molecular complexity index is 397. The molecule has 0 saturated heterocycles. The number of aromatic nitrogens is 2. The van der Waals surface area contributed by atoms with E-state index in [0.29, 0.717) is 5.92 Å². The summed E-state index contributed by atoms with van der Waals surface area (Å²) in [7, 11) is 0. The van der Waals surface area contributed by atoms with Crippen LogP contribution in [0.25, 0.3) is 0 Å². The molecule has 2 rings (SSSR count). The van der Waals surface area contributed by atoms with Crippen LogP contribution in [0.4, 0.5) is 0 Å². The highest BCUT2D eigenvalue weighted by Gasteiger charge is 2.18. The van der Waals surface area contributed by atoms with Crippen LogP contribution in [-0.2, 0) is 5.41 Å². The summed E-state index contributed by atoms with van der Waals surface area (Å²) in [6, 6.07) is 0. The molecule has 0 spiro atoms. The number of nitrogens with zero attached hydrogens (tertiary/aromatic N) is 2. The van der Waals surface area contributed by atoms with E-state index < -0.39 is 0 Å². The third kappa shape index (κ3) is 2.79. The van der Waals surface area contributed by atoms with E-state index in [9.17, 15) is 0 Å². The van der Waals surface area contributed by atoms with Crippen molar-refractivity contribution < 1.29 is 0 Å². The lowest BCUT2D eigenvalue weighted by molar-refractivity contribution is 0.565. The van der Waals surface area contributed by atoms with Gasteiger partial charge in [0.1, 0.15) is 5.69 Å². The molecular weight excluding hydrogens is 184 g/mol. The SMILES string of the molecule is CC(C)(C)c1cnc(C#CC2CC2)cn1. The first-order chi connectivity index (χ1) is 7.05. The second-order valence-electron chi connectivity index (χ2n) is 5.08. The van der Waals surface area contributed by atoms with Crippen molar-refractivity contribution in [2.24, 2.45) is 5.92 Å². The summed E-state index contributed by atoms with van der Waals surface area (Å²) < 4.78 is 0. The fourth-order valence-corrected chi connectivity index (χ4v) is 1.18. The van der Waals surface area contributed by atoms with Crippen LogP contribution >= 0.6 is 0 Å². The smallest absolute Gasteiger partial charge is 0.131 e. The van der Waals surface area contributed by atoms with E-state index >= 15 is 0 Å². The van der Waals surface area contributed by atoms with Gasteiger partial charge in [0, 0.05) is 11.3 Å². The molecule has 0 N–H and O–H groups in total. The minimum atomic E-state index is 0.0649. The van der Waals surface area contributed by atoms with Gasteiger partial charge in [0.2, 0.25) is 0 Å². The Morgan fingerprint density at radius 2 is 1.93 bits per heavy atom. The summed E-state index contributed by atoms with van der Waals surface area (Å²) in [6.07, 6.45) is 6.11. The van der Waals surface area contributed by atoms with Gasteiger partial charge in [-0.1, -0.05) is 26.7 Å². The molecule has 1 aromatic heterocycles. The normalized spacial score (nSPS) is 15.7. The zero-order chi connectivity index (χ0) is 10.9. The summed E-state index contributed by atoms with van der Waals surface area (Å²) in [6.45, 7) is 6.39. The van der Waals surface area contributed by atoms with Crippen molar-refractivity contribution in [2.75, 3.05) is 0 Å². The van der Waals surface area contributed by atoms with Crippen molar-refractivity contribution in [3.05, 3.63) is 23.8 Å². The van der Waals surface area contributed by atoms with Crippen LogP contribution in [0.5, 0.6) is 0 Å². The molecule has 1 aliphatic carbocycles. The Balaban J connectivity index is 2.14. The summed E-state index contributed by atoms with van der Waals surface area (Å²) >= 11 is 0. The van der Waals surface area contributed by atoms with Crippen LogP contribution in [0.1, 0.15) is 45.0 Å². The largest absolute Gasteiger partial charge is 0.256 e. The van der Waals surface area contributed by atoms with Crippen molar-refractivity contribution in [3.63, 3.8) is 0 Å². The Morgan fingerprint density at radius 1 is 1.20 bits per heavy atom. The van der Waals surface area contributed by atoms with Crippen molar-refractivity contribution in [1.82, 2.24) is 9.97 Å². The fraction of sp³-hybridized carbons (Fsp3) is 0.538. The predicted molar refractivity (Wildman–Crippen MR) is 60.3 cm³/mol. The highest BCUT2D eigenvalue weighted by molar-refractivity contribution is 5.28. The third-order valence-electron chi connectivity index (χ3n) is 2.40. The monoisotopic (exact) mass is 200 g/mol. The van der Waals surface area contributed by atoms with Crippen molar-refractivity contribution >= 4 is 0 Å². The van der Waals surface area contributed by atoms with E-state index in [2.05, 4.69) is 42.6 Å². The molecular formula is C13H16N2. The molecule has 0 unspecified atom stereocenters. The van der Waals surface area contributed by atoms with Crippen LogP contribution in [0, 0.1) is 17.8 Å². The lowest BCUT2D eigenvalue weighted by Crippen LogP contribution is -2.13. The first-order valence-corrected chi connectivity index (χ1v) is 5.40. The Morgan fingerprint density at radius 3 is 2.40 bits per heavy atom. The number of hydrogen-bond acceptors (Lipinski definition) is 2. The maximum Gasteiger partial charge on any atom is 0.131 e. The second-order valence-corrected chi connectivity index (χ2v) is 5.08. The molecule has 15 heavy (non-hydrogen) atoms. The predicted octanol–water partition coefficient (Wildman–Crippen LogP) is 2.54. The molecule has 2 nitrogen and oxygen atoms in total. The van der Waals surface area contributed by atoms with E-state index in [0.717, 1.165) is 11.4 Å². The van der Waals surface area contributed by atoms with Crippen molar-refractivity contribution in [1.29, 1.82) is 0 Å². The van der Waals surface area contributed by atoms with Gasteiger partial charge in [0.25, 0.3) is 0 Å². The topological polar surface area (TPSA) is 25.8 Å². The van der Waals surface area contributed by atoms with E-state index in [-0.39, 0.29) is 5.41 Å². The molecule has 0 aliphatic heterocycles. The molecule has 0 radical (unpaired) electrons. The van der Waals surface area contributed by atoms with Crippen LogP contribution in [0.2, 0.25) is 0 Å². The molecule has 1 fully saturated rings. The minimum Gasteiger partial charge on any atom is -0.256 e. The van der Waals surface area contributed by atoms with Crippen LogP contribution in [0.3, 0.4) is 0 Å². The van der Waals surface area contributed by atoms with Gasteiger partial charge < -0.3 is 0 Å². The van der Waals surface area contributed by atoms with Crippen molar-refractivity contribution in [2.45, 2.75) is 39.0 Å². The molecule has 0 amide bonds. The zero-order valence-electron chi connectivity index (χ0n) is 9.54. The molecule has 0 atom stereocenters. The quantitative estimate of drug-likeness (QED) is 0.601. The van der Waals surface area contributed by atoms with Gasteiger partial charge in [0.05, 0.1) is 18.1 Å². The fourth-order valence-electron chi connectivity index (χ4n) is 1.18. The first kappa shape index (κ1) is 10.2. The lowest BCUT2D eigenvalue weighted by atomic mass is 9.93. The molecule has 0 bridgehead atoms. The van der Waals surface area contributed by atoms with Gasteiger partial charge in [-0.05, 0) is 18.8 Å². The Labute approximate surface area is 91.1 Å². The molecule has 78 valence electrons. The minimum absolute atomic E-state index is 0.0649. The highest BCUT2D eigenvalue weighted by atomic mass is 14.8. The van der Waals surface area contributed by atoms with Gasteiger partial charge in [0.15, 0.2) is 0 Å². The second kappa shape index (κ2) is 3.66. The van der Waals surface area contributed by atoms with Crippen molar-refractivity contribution in [3.8, 4) is 11.8 Å². The lowest BCUT2D eigenvalue weighted by Gasteiger charge is -2.16. The summed E-state index contributed by atoms with van der Waals surface area (Å²) in [5.74, 6) is 6.86. The molecule has 0 aromatic carbocycles. The molecule has 1 saturated carbocycles. The average Bonchev–Trinajstić information content (AvgIpc) is 2.97. The Hall–Kier alpha value is -1.36. The standard InChI is InChI=1S/C13H16N2/c1-13(2,3)12-9-14-11(8-15-12)7-6-10-4-5-10/h8-10H,4-5H2,1-3H3. The highest BCUT2D eigenvalue weighted by Crippen LogP contribution is 2.27. The average molecular weight is 200 g/mol. The molecule has 1 heterocycles. The molecule has 1 aliphatic rings. The number of rotatable bonds is 0. The molecule has 1 aromatic rings. The zero-order valence-corrected chi connectivity index (χ0v) is 9.54. The number of hydrogen-bond donors (Lipinski definition) is 0. The Kier molecular flexibility index (Phi) is 2.48. The summed E-state index contributed by atoms with van der Waals surface area (Å²) in [5, 5.41) is 0. The summed E-state index contributed by atoms with van der Waals surface area (Å²) in [5.41, 5.74) is 1.87. The van der Waals surface area contributed by atoms with Gasteiger partial charge >= 0.3 is 0 Å². The maximum absolute atomic E-state index is 4.38. The van der Waals surface area contributed by atoms with Crippen LogP contribution in [-0.4, -0.2) is 9.97 Å². The van der Waals surface area contributed by atoms with Gasteiger partial charge in [-0.2, -0.15) is 0 Å². The van der Waals surface area contributed by atoms with E-state index in [1.54, 1.807) is 6.20 Å². The van der Waals surface area contributed by atoms with E-state index in [1.165, 1.54) is 12.8 Å². The van der Waals surface area contributed by atoms with Gasteiger partial charge in [-0.25, -0.2) is 4.98 Å². The third-order valence-corrected chi connectivity index (χ3v) is 2.40. The first-order valence-electron chi connectivity index (χ1n) is 5.40. The van der Waals surface area contributed by atoms with Gasteiger partial charge in [-0.3, -0.25) is 4.98 Å². The van der Waals surface area contributed by atoms with Gasteiger partial charge in [-0.15, -0.1) is 0 Å². The van der Waals surface area contributed by atoms with E-state index in [4.69, 9.17) is 0 Å². The van der Waals surface area contributed by atoms with E-state index in [1.807, 2.05) is 6.20 Å². The molecule has 2 heteroatoms. The summed E-state index contributed by atoms with van der Waals surface area (Å²) in [4.78, 5) is 8.69. The maximum atomic E-state index is 4.38.